The van der Waals surface area contributed by atoms with Gasteiger partial charge in [0.25, 0.3) is 0 Å². The van der Waals surface area contributed by atoms with E-state index in [0.29, 0.717) is 19.7 Å². The fourth-order valence-corrected chi connectivity index (χ4v) is 5.74. The van der Waals surface area contributed by atoms with Crippen molar-refractivity contribution < 1.29 is 19.1 Å². The van der Waals surface area contributed by atoms with Gasteiger partial charge in [-0.1, -0.05) is 30.4 Å². The van der Waals surface area contributed by atoms with Gasteiger partial charge in [0.05, 0.1) is 31.0 Å². The summed E-state index contributed by atoms with van der Waals surface area (Å²) in [6, 6.07) is 9.59. The Bertz CT molecular complexity index is 795. The SMILES string of the molecule is O=C([C@H]1[C@@H]2C=C[C@@]3(CN(CCOc4ccccc4)C(=O)[C@H]13)O2)N1CCSCC1. The second kappa shape index (κ2) is 7.12. The minimum Gasteiger partial charge on any atom is -0.492 e. The molecular weight excluding hydrogens is 376 g/mol. The largest absolute Gasteiger partial charge is 0.492 e. The van der Waals surface area contributed by atoms with Gasteiger partial charge in [0.2, 0.25) is 11.8 Å². The molecule has 1 aromatic rings. The Labute approximate surface area is 168 Å². The summed E-state index contributed by atoms with van der Waals surface area (Å²) in [4.78, 5) is 30.1. The number of rotatable bonds is 5. The molecule has 1 spiro atoms. The Morgan fingerprint density at radius 3 is 2.82 bits per heavy atom. The predicted molar refractivity (Wildman–Crippen MR) is 106 cm³/mol. The summed E-state index contributed by atoms with van der Waals surface area (Å²) >= 11 is 1.87. The normalized spacial score (nSPS) is 33.4. The molecule has 2 amide bonds. The van der Waals surface area contributed by atoms with Crippen LogP contribution >= 0.6 is 11.8 Å². The summed E-state index contributed by atoms with van der Waals surface area (Å²) in [6.07, 6.45) is 3.72. The molecule has 6 nitrogen and oxygen atoms in total. The molecule has 5 rings (SSSR count). The average molecular weight is 401 g/mol. The Morgan fingerprint density at radius 1 is 1.25 bits per heavy atom. The molecule has 0 radical (unpaired) electrons. The number of fused-ring (bicyclic) bond motifs is 1. The minimum absolute atomic E-state index is 0.0215. The van der Waals surface area contributed by atoms with Crippen LogP contribution < -0.4 is 4.74 Å². The van der Waals surface area contributed by atoms with Crippen molar-refractivity contribution in [3.8, 4) is 5.75 Å². The first-order valence-corrected chi connectivity index (χ1v) is 11.0. The Hall–Kier alpha value is -1.99. The molecule has 2 bridgehead atoms. The summed E-state index contributed by atoms with van der Waals surface area (Å²) < 4.78 is 12.0. The lowest BCUT2D eigenvalue weighted by molar-refractivity contribution is -0.143. The smallest absolute Gasteiger partial charge is 0.230 e. The highest BCUT2D eigenvalue weighted by atomic mass is 32.2. The fourth-order valence-electron chi connectivity index (χ4n) is 4.83. The van der Waals surface area contributed by atoms with Crippen LogP contribution in [0.25, 0.3) is 0 Å². The maximum absolute atomic E-state index is 13.2. The van der Waals surface area contributed by atoms with E-state index in [9.17, 15) is 9.59 Å². The standard InChI is InChI=1S/C21H24N2O4S/c24-19(22-9-12-28-13-10-22)17-16-6-7-21(27-16)14-23(20(25)18(17)21)8-11-26-15-4-2-1-3-5-15/h1-7,16-18H,8-14H2/t16-,17-,18-,21-/m0/s1. The zero-order chi connectivity index (χ0) is 19.1. The summed E-state index contributed by atoms with van der Waals surface area (Å²) in [5, 5.41) is 0. The molecule has 0 unspecified atom stereocenters. The van der Waals surface area contributed by atoms with Gasteiger partial charge in [-0.3, -0.25) is 9.59 Å². The van der Waals surface area contributed by atoms with E-state index in [0.717, 1.165) is 30.3 Å². The van der Waals surface area contributed by atoms with Crippen LogP contribution in [0.2, 0.25) is 0 Å². The van der Waals surface area contributed by atoms with E-state index in [-0.39, 0.29) is 23.8 Å². The first-order valence-electron chi connectivity index (χ1n) is 9.88. The lowest BCUT2D eigenvalue weighted by Gasteiger charge is -2.32. The number of carbonyl (C=O) groups is 2. The van der Waals surface area contributed by atoms with E-state index < -0.39 is 11.5 Å². The Kier molecular flexibility index (Phi) is 4.59. The number of para-hydroxylation sites is 1. The zero-order valence-corrected chi connectivity index (χ0v) is 16.5. The van der Waals surface area contributed by atoms with E-state index in [1.807, 2.05) is 59.1 Å². The first-order chi connectivity index (χ1) is 13.7. The second-order valence-electron chi connectivity index (χ2n) is 7.76. The number of hydrogen-bond acceptors (Lipinski definition) is 5. The molecule has 28 heavy (non-hydrogen) atoms. The van der Waals surface area contributed by atoms with Crippen LogP contribution in [0.1, 0.15) is 0 Å². The molecule has 7 heteroatoms. The van der Waals surface area contributed by atoms with Crippen LogP contribution in [0.15, 0.2) is 42.5 Å². The van der Waals surface area contributed by atoms with Crippen molar-refractivity contribution in [2.24, 2.45) is 11.8 Å². The third-order valence-electron chi connectivity index (χ3n) is 6.16. The molecule has 0 aliphatic carbocycles. The molecule has 4 heterocycles. The molecule has 1 aromatic carbocycles. The molecule has 3 fully saturated rings. The zero-order valence-electron chi connectivity index (χ0n) is 15.7. The van der Waals surface area contributed by atoms with Crippen molar-refractivity contribution in [3.05, 3.63) is 42.5 Å². The predicted octanol–water partition coefficient (Wildman–Crippen LogP) is 1.42. The summed E-state index contributed by atoms with van der Waals surface area (Å²) in [7, 11) is 0. The lowest BCUT2D eigenvalue weighted by Crippen LogP contribution is -2.48. The third-order valence-corrected chi connectivity index (χ3v) is 7.10. The maximum atomic E-state index is 13.2. The highest BCUT2D eigenvalue weighted by Gasteiger charge is 2.67. The second-order valence-corrected chi connectivity index (χ2v) is 8.98. The average Bonchev–Trinajstić information content (AvgIpc) is 3.37. The van der Waals surface area contributed by atoms with Gasteiger partial charge in [0.15, 0.2) is 0 Å². The number of ether oxygens (including phenoxy) is 2. The molecule has 4 aliphatic rings. The minimum atomic E-state index is -0.640. The molecule has 4 aliphatic heterocycles. The number of likely N-dealkylation sites (tertiary alicyclic amines) is 1. The Balaban J connectivity index is 1.28. The van der Waals surface area contributed by atoms with Gasteiger partial charge in [0.1, 0.15) is 18.0 Å². The number of nitrogens with zero attached hydrogens (tertiary/aromatic N) is 2. The molecule has 148 valence electrons. The van der Waals surface area contributed by atoms with Crippen LogP contribution in [-0.4, -0.2) is 77.6 Å². The highest BCUT2D eigenvalue weighted by molar-refractivity contribution is 7.99. The van der Waals surface area contributed by atoms with Gasteiger partial charge >= 0.3 is 0 Å². The van der Waals surface area contributed by atoms with Crippen molar-refractivity contribution in [3.63, 3.8) is 0 Å². The lowest BCUT2D eigenvalue weighted by atomic mass is 9.76. The van der Waals surface area contributed by atoms with Crippen molar-refractivity contribution in [2.75, 3.05) is 44.3 Å². The van der Waals surface area contributed by atoms with Crippen molar-refractivity contribution in [2.45, 2.75) is 11.7 Å². The van der Waals surface area contributed by atoms with E-state index in [4.69, 9.17) is 9.47 Å². The van der Waals surface area contributed by atoms with Gasteiger partial charge in [-0.15, -0.1) is 0 Å². The molecule has 3 saturated heterocycles. The Morgan fingerprint density at radius 2 is 2.04 bits per heavy atom. The number of amides is 2. The van der Waals surface area contributed by atoms with Gasteiger partial charge < -0.3 is 19.3 Å². The quantitative estimate of drug-likeness (QED) is 0.700. The van der Waals surface area contributed by atoms with Crippen LogP contribution in [0.3, 0.4) is 0 Å². The van der Waals surface area contributed by atoms with Crippen LogP contribution in [0, 0.1) is 11.8 Å². The molecule has 4 atom stereocenters. The van der Waals surface area contributed by atoms with E-state index in [1.54, 1.807) is 4.90 Å². The summed E-state index contributed by atoms with van der Waals surface area (Å²) in [5.74, 6) is 2.03. The summed E-state index contributed by atoms with van der Waals surface area (Å²) in [5.41, 5.74) is -0.640. The van der Waals surface area contributed by atoms with E-state index in [2.05, 4.69) is 0 Å². The van der Waals surface area contributed by atoms with Gasteiger partial charge in [-0.05, 0) is 12.1 Å². The number of benzene rings is 1. The monoisotopic (exact) mass is 400 g/mol. The molecule has 0 saturated carbocycles. The highest BCUT2D eigenvalue weighted by Crippen LogP contribution is 2.52. The first kappa shape index (κ1) is 18.1. The topological polar surface area (TPSA) is 59.1 Å². The van der Waals surface area contributed by atoms with Crippen molar-refractivity contribution in [1.82, 2.24) is 9.80 Å². The van der Waals surface area contributed by atoms with Crippen molar-refractivity contribution in [1.29, 1.82) is 0 Å². The van der Waals surface area contributed by atoms with Crippen LogP contribution in [0.5, 0.6) is 5.75 Å². The number of thioether (sulfide) groups is 1. The maximum Gasteiger partial charge on any atom is 0.230 e. The molecule has 0 N–H and O–H groups in total. The van der Waals surface area contributed by atoms with E-state index in [1.165, 1.54) is 0 Å². The van der Waals surface area contributed by atoms with Gasteiger partial charge in [-0.2, -0.15) is 11.8 Å². The third kappa shape index (κ3) is 2.92. The van der Waals surface area contributed by atoms with Crippen molar-refractivity contribution >= 4 is 23.6 Å². The molecular formula is C21H24N2O4S. The van der Waals surface area contributed by atoms with Gasteiger partial charge in [-0.25, -0.2) is 0 Å². The number of carbonyl (C=O) groups excluding carboxylic acids is 2. The van der Waals surface area contributed by atoms with E-state index >= 15 is 0 Å². The fraction of sp³-hybridized carbons (Fsp3) is 0.524. The molecule has 0 aromatic heterocycles. The van der Waals surface area contributed by atoms with Gasteiger partial charge in [0, 0.05) is 24.6 Å². The van der Waals surface area contributed by atoms with Crippen LogP contribution in [-0.2, 0) is 14.3 Å². The summed E-state index contributed by atoms with van der Waals surface area (Å²) in [6.45, 7) is 2.95. The van der Waals surface area contributed by atoms with Crippen LogP contribution in [0.4, 0.5) is 0 Å². The number of hydrogen-bond donors (Lipinski definition) is 0.